The van der Waals surface area contributed by atoms with Crippen molar-refractivity contribution in [2.24, 2.45) is 5.92 Å². The number of likely N-dealkylation sites (tertiary alicyclic amines) is 1. The Kier molecular flexibility index (Phi) is 3.63. The molecule has 6 nitrogen and oxygen atoms in total. The highest BCUT2D eigenvalue weighted by molar-refractivity contribution is 5.86. The molecule has 0 aromatic carbocycles. The smallest absolute Gasteiger partial charge is 0.326 e. The highest BCUT2D eigenvalue weighted by Gasteiger charge is 2.41. The van der Waals surface area contributed by atoms with Gasteiger partial charge in [0.15, 0.2) is 0 Å². The number of nitrogens with one attached hydrogen (secondary N) is 1. The molecule has 0 bridgehead atoms. The van der Waals surface area contributed by atoms with Gasteiger partial charge in [-0.15, -0.1) is 0 Å². The van der Waals surface area contributed by atoms with Crippen molar-refractivity contribution in [1.82, 2.24) is 10.2 Å². The quantitative estimate of drug-likeness (QED) is 0.580. The zero-order valence-corrected chi connectivity index (χ0v) is 9.63. The molecule has 0 aromatic rings. The second kappa shape index (κ2) is 5.01. The van der Waals surface area contributed by atoms with E-state index in [9.17, 15) is 14.7 Å². The monoisotopic (exact) mass is 242 g/mol. The summed E-state index contributed by atoms with van der Waals surface area (Å²) >= 11 is 0. The summed E-state index contributed by atoms with van der Waals surface area (Å²) in [5, 5.41) is 21.7. The topological polar surface area (TPSA) is 89.9 Å². The Labute approximate surface area is 99.6 Å². The fraction of sp³-hybridized carbons (Fsp3) is 0.818. The third-order valence-corrected chi connectivity index (χ3v) is 3.49. The third kappa shape index (κ3) is 2.58. The highest BCUT2D eigenvalue weighted by atomic mass is 16.4. The Morgan fingerprint density at radius 2 is 2.12 bits per heavy atom. The van der Waals surface area contributed by atoms with Gasteiger partial charge in [0, 0.05) is 19.5 Å². The maximum absolute atomic E-state index is 12.2. The number of aliphatic hydroxyl groups excluding tert-OH is 1. The normalized spacial score (nSPS) is 33.7. The first-order chi connectivity index (χ1) is 8.09. The number of carbonyl (C=O) groups excluding carboxylic acids is 1. The maximum atomic E-state index is 12.2. The van der Waals surface area contributed by atoms with Crippen molar-refractivity contribution in [3.05, 3.63) is 0 Å². The largest absolute Gasteiger partial charge is 0.480 e. The summed E-state index contributed by atoms with van der Waals surface area (Å²) in [7, 11) is 0. The fourth-order valence-corrected chi connectivity index (χ4v) is 2.59. The molecule has 2 heterocycles. The van der Waals surface area contributed by atoms with Gasteiger partial charge in [0.05, 0.1) is 12.0 Å². The first-order valence-electron chi connectivity index (χ1n) is 6.01. The summed E-state index contributed by atoms with van der Waals surface area (Å²) in [5.74, 6) is -1.31. The van der Waals surface area contributed by atoms with Crippen LogP contribution in [-0.4, -0.2) is 58.8 Å². The van der Waals surface area contributed by atoms with Gasteiger partial charge >= 0.3 is 5.97 Å². The zero-order chi connectivity index (χ0) is 12.4. The van der Waals surface area contributed by atoms with Crippen LogP contribution in [0, 0.1) is 5.92 Å². The summed E-state index contributed by atoms with van der Waals surface area (Å²) in [6, 6.07) is -0.862. The second-order valence-corrected chi connectivity index (χ2v) is 4.78. The van der Waals surface area contributed by atoms with Crippen molar-refractivity contribution < 1.29 is 19.8 Å². The van der Waals surface area contributed by atoms with Gasteiger partial charge in [-0.25, -0.2) is 4.79 Å². The number of aliphatic carboxylic acids is 1. The summed E-state index contributed by atoms with van der Waals surface area (Å²) < 4.78 is 0. The highest BCUT2D eigenvalue weighted by Crippen LogP contribution is 2.23. The first-order valence-corrected chi connectivity index (χ1v) is 6.01. The Morgan fingerprint density at radius 3 is 2.71 bits per heavy atom. The van der Waals surface area contributed by atoms with E-state index in [0.29, 0.717) is 6.54 Å². The average molecular weight is 242 g/mol. The van der Waals surface area contributed by atoms with Crippen molar-refractivity contribution in [3.8, 4) is 0 Å². The van der Waals surface area contributed by atoms with Crippen LogP contribution in [-0.2, 0) is 9.59 Å². The predicted molar refractivity (Wildman–Crippen MR) is 59.4 cm³/mol. The molecule has 0 radical (unpaired) electrons. The molecule has 2 aliphatic heterocycles. The summed E-state index contributed by atoms with van der Waals surface area (Å²) in [5.41, 5.74) is 0. The van der Waals surface area contributed by atoms with E-state index >= 15 is 0 Å². The molecule has 2 saturated heterocycles. The van der Waals surface area contributed by atoms with Gasteiger partial charge in [-0.05, 0) is 19.4 Å². The molecule has 2 aliphatic rings. The van der Waals surface area contributed by atoms with Crippen LogP contribution in [0.25, 0.3) is 0 Å². The van der Waals surface area contributed by atoms with E-state index in [-0.39, 0.29) is 24.8 Å². The summed E-state index contributed by atoms with van der Waals surface area (Å²) in [6.45, 7) is 1.67. The van der Waals surface area contributed by atoms with E-state index in [1.54, 1.807) is 0 Å². The van der Waals surface area contributed by atoms with Crippen LogP contribution >= 0.6 is 0 Å². The van der Waals surface area contributed by atoms with Crippen LogP contribution in [0.1, 0.15) is 19.3 Å². The van der Waals surface area contributed by atoms with Gasteiger partial charge in [-0.3, -0.25) is 4.79 Å². The molecule has 0 unspecified atom stereocenters. The Morgan fingerprint density at radius 1 is 1.35 bits per heavy atom. The number of rotatable bonds is 2. The van der Waals surface area contributed by atoms with Crippen LogP contribution in [0.15, 0.2) is 0 Å². The van der Waals surface area contributed by atoms with E-state index < -0.39 is 18.1 Å². The van der Waals surface area contributed by atoms with E-state index in [0.717, 1.165) is 19.4 Å². The number of carboxylic acids is 1. The van der Waals surface area contributed by atoms with Crippen molar-refractivity contribution in [1.29, 1.82) is 0 Å². The fourth-order valence-electron chi connectivity index (χ4n) is 2.59. The van der Waals surface area contributed by atoms with Crippen LogP contribution in [0.5, 0.6) is 0 Å². The van der Waals surface area contributed by atoms with Gasteiger partial charge < -0.3 is 20.4 Å². The SMILES string of the molecule is O=C(O)[C@@H]1C[C@H](O)CN1C(=O)[C@@H]1CCCNC1. The molecule has 6 heteroatoms. The van der Waals surface area contributed by atoms with E-state index in [1.807, 2.05) is 0 Å². The lowest BCUT2D eigenvalue weighted by Gasteiger charge is -2.29. The molecule has 3 atom stereocenters. The number of nitrogens with zero attached hydrogens (tertiary/aromatic N) is 1. The van der Waals surface area contributed by atoms with E-state index in [4.69, 9.17) is 5.11 Å². The molecule has 96 valence electrons. The van der Waals surface area contributed by atoms with E-state index in [2.05, 4.69) is 5.32 Å². The predicted octanol–water partition coefficient (Wildman–Crippen LogP) is -0.968. The number of piperidine rings is 1. The van der Waals surface area contributed by atoms with Gasteiger partial charge in [0.25, 0.3) is 0 Å². The molecule has 0 spiro atoms. The van der Waals surface area contributed by atoms with Crippen molar-refractivity contribution in [2.45, 2.75) is 31.4 Å². The molecule has 0 aromatic heterocycles. The number of carboxylic acid groups (broad SMARTS) is 1. The molecule has 2 fully saturated rings. The van der Waals surface area contributed by atoms with E-state index in [1.165, 1.54) is 4.90 Å². The van der Waals surface area contributed by atoms with Crippen LogP contribution in [0.3, 0.4) is 0 Å². The third-order valence-electron chi connectivity index (χ3n) is 3.49. The zero-order valence-electron chi connectivity index (χ0n) is 9.63. The molecule has 17 heavy (non-hydrogen) atoms. The molecule has 1 amide bonds. The minimum Gasteiger partial charge on any atom is -0.480 e. The Hall–Kier alpha value is -1.14. The average Bonchev–Trinajstić information content (AvgIpc) is 2.72. The van der Waals surface area contributed by atoms with Gasteiger partial charge in [0.1, 0.15) is 6.04 Å². The number of amides is 1. The van der Waals surface area contributed by atoms with Crippen molar-refractivity contribution in [3.63, 3.8) is 0 Å². The number of β-amino-alcohol motifs (C(OH)–C–C–N with tert-alkyl or cyclic N) is 1. The number of aliphatic hydroxyl groups is 1. The van der Waals surface area contributed by atoms with Gasteiger partial charge in [0.2, 0.25) is 5.91 Å². The molecule has 2 rings (SSSR count). The summed E-state index contributed by atoms with van der Waals surface area (Å²) in [4.78, 5) is 24.5. The molecule has 3 N–H and O–H groups in total. The minimum atomic E-state index is -1.03. The van der Waals surface area contributed by atoms with Crippen molar-refractivity contribution in [2.75, 3.05) is 19.6 Å². The van der Waals surface area contributed by atoms with Crippen LogP contribution < -0.4 is 5.32 Å². The standard InChI is InChI=1S/C11H18N2O4/c14-8-4-9(11(16)17)13(6-8)10(15)7-2-1-3-12-5-7/h7-9,12,14H,1-6H2,(H,16,17)/t7-,8+,9+/m1/s1. The molecule has 0 aliphatic carbocycles. The Bertz CT molecular complexity index is 315. The Balaban J connectivity index is 2.04. The summed E-state index contributed by atoms with van der Waals surface area (Å²) in [6.07, 6.45) is 1.16. The lowest BCUT2D eigenvalue weighted by Crippen LogP contribution is -2.47. The maximum Gasteiger partial charge on any atom is 0.326 e. The minimum absolute atomic E-state index is 0.138. The van der Waals surface area contributed by atoms with Gasteiger partial charge in [-0.2, -0.15) is 0 Å². The number of hydrogen-bond acceptors (Lipinski definition) is 4. The number of hydrogen-bond donors (Lipinski definition) is 3. The van der Waals surface area contributed by atoms with Crippen LogP contribution in [0.4, 0.5) is 0 Å². The second-order valence-electron chi connectivity index (χ2n) is 4.78. The van der Waals surface area contributed by atoms with Crippen LogP contribution in [0.2, 0.25) is 0 Å². The lowest BCUT2D eigenvalue weighted by atomic mass is 9.98. The first kappa shape index (κ1) is 12.3. The van der Waals surface area contributed by atoms with Gasteiger partial charge in [-0.1, -0.05) is 0 Å². The molecule has 0 saturated carbocycles. The number of carbonyl (C=O) groups is 2. The van der Waals surface area contributed by atoms with Crippen molar-refractivity contribution >= 4 is 11.9 Å². The molecular weight excluding hydrogens is 224 g/mol. The molecular formula is C11H18N2O4. The lowest BCUT2D eigenvalue weighted by molar-refractivity contribution is -0.150.